The van der Waals surface area contributed by atoms with Gasteiger partial charge >= 0.3 is 6.03 Å². The Morgan fingerprint density at radius 3 is 2.65 bits per heavy atom. The molecule has 0 radical (unpaired) electrons. The van der Waals surface area contributed by atoms with Gasteiger partial charge in [0.25, 0.3) is 0 Å². The van der Waals surface area contributed by atoms with Crippen LogP contribution < -0.4 is 15.5 Å². The van der Waals surface area contributed by atoms with Crippen molar-refractivity contribution in [1.82, 2.24) is 5.32 Å². The van der Waals surface area contributed by atoms with Crippen molar-refractivity contribution < 1.29 is 14.0 Å². The van der Waals surface area contributed by atoms with E-state index in [-0.39, 0.29) is 18.4 Å². The zero-order chi connectivity index (χ0) is 16.2. The van der Waals surface area contributed by atoms with Gasteiger partial charge in [-0.05, 0) is 30.3 Å². The number of nitrogens with one attached hydrogen (secondary N) is 2. The van der Waals surface area contributed by atoms with Gasteiger partial charge in [-0.15, -0.1) is 0 Å². The summed E-state index contributed by atoms with van der Waals surface area (Å²) in [6.07, 6.45) is 0.242. The fourth-order valence-corrected chi connectivity index (χ4v) is 2.58. The second kappa shape index (κ2) is 6.48. The van der Waals surface area contributed by atoms with Gasteiger partial charge < -0.3 is 15.5 Å². The highest BCUT2D eigenvalue weighted by Gasteiger charge is 2.31. The molecule has 2 aromatic carbocycles. The van der Waals surface area contributed by atoms with E-state index in [4.69, 9.17) is 0 Å². The Hall–Kier alpha value is -2.89. The van der Waals surface area contributed by atoms with E-state index in [1.807, 2.05) is 30.3 Å². The van der Waals surface area contributed by atoms with Crippen molar-refractivity contribution in [3.8, 4) is 0 Å². The van der Waals surface area contributed by atoms with Crippen LogP contribution in [0.5, 0.6) is 0 Å². The first-order valence-corrected chi connectivity index (χ1v) is 7.30. The van der Waals surface area contributed by atoms with Crippen LogP contribution in [0.2, 0.25) is 0 Å². The lowest BCUT2D eigenvalue weighted by molar-refractivity contribution is -0.117. The summed E-state index contributed by atoms with van der Waals surface area (Å²) in [7, 11) is 0. The van der Waals surface area contributed by atoms with E-state index >= 15 is 0 Å². The van der Waals surface area contributed by atoms with Crippen LogP contribution in [0.1, 0.15) is 6.42 Å². The van der Waals surface area contributed by atoms with E-state index in [1.165, 1.54) is 18.2 Å². The monoisotopic (exact) mass is 313 g/mol. The third-order valence-electron chi connectivity index (χ3n) is 3.61. The molecule has 1 saturated heterocycles. The number of para-hydroxylation sites is 1. The summed E-state index contributed by atoms with van der Waals surface area (Å²) in [5.41, 5.74) is 1.18. The lowest BCUT2D eigenvalue weighted by Gasteiger charge is -2.17. The van der Waals surface area contributed by atoms with Crippen molar-refractivity contribution in [2.75, 3.05) is 16.8 Å². The Balaban J connectivity index is 1.59. The molecule has 1 heterocycles. The van der Waals surface area contributed by atoms with Crippen molar-refractivity contribution in [2.24, 2.45) is 0 Å². The molecule has 3 rings (SSSR count). The van der Waals surface area contributed by atoms with Crippen LogP contribution in [0.3, 0.4) is 0 Å². The summed E-state index contributed by atoms with van der Waals surface area (Å²) < 4.78 is 13.1. The third kappa shape index (κ3) is 3.66. The molecule has 5 nitrogen and oxygen atoms in total. The summed E-state index contributed by atoms with van der Waals surface area (Å²) in [6, 6.07) is 14.2. The van der Waals surface area contributed by atoms with Crippen LogP contribution in [0.4, 0.5) is 20.6 Å². The molecule has 1 aliphatic heterocycles. The average molecular weight is 313 g/mol. The summed E-state index contributed by atoms with van der Waals surface area (Å²) >= 11 is 0. The van der Waals surface area contributed by atoms with Crippen LogP contribution in [0.25, 0.3) is 0 Å². The van der Waals surface area contributed by atoms with Gasteiger partial charge in [-0.3, -0.25) is 4.79 Å². The van der Waals surface area contributed by atoms with E-state index in [9.17, 15) is 14.0 Å². The number of hydrogen-bond acceptors (Lipinski definition) is 2. The molecule has 2 N–H and O–H groups in total. The van der Waals surface area contributed by atoms with Gasteiger partial charge in [0.05, 0.1) is 6.04 Å². The smallest absolute Gasteiger partial charge is 0.319 e. The number of hydrogen-bond donors (Lipinski definition) is 2. The second-order valence-corrected chi connectivity index (χ2v) is 5.35. The summed E-state index contributed by atoms with van der Waals surface area (Å²) in [5, 5.41) is 5.30. The standard InChI is InChI=1S/C17H16FN3O2/c18-12-5-4-6-13(9-12)19-17(23)20-14-10-16(22)21(11-14)15-7-2-1-3-8-15/h1-9,14H,10-11H2,(H2,19,20,23)/t14-/m0/s1. The third-order valence-corrected chi connectivity index (χ3v) is 3.61. The normalized spacial score (nSPS) is 17.2. The number of amides is 3. The van der Waals surface area contributed by atoms with E-state index in [0.717, 1.165) is 5.69 Å². The lowest BCUT2D eigenvalue weighted by Crippen LogP contribution is -2.39. The number of halogens is 1. The van der Waals surface area contributed by atoms with Crippen molar-refractivity contribution in [2.45, 2.75) is 12.5 Å². The zero-order valence-corrected chi connectivity index (χ0v) is 12.3. The molecule has 23 heavy (non-hydrogen) atoms. The largest absolute Gasteiger partial charge is 0.333 e. The van der Waals surface area contributed by atoms with E-state index in [1.54, 1.807) is 11.0 Å². The number of anilines is 2. The second-order valence-electron chi connectivity index (χ2n) is 5.35. The van der Waals surface area contributed by atoms with Gasteiger partial charge in [0.2, 0.25) is 5.91 Å². The first-order valence-electron chi connectivity index (χ1n) is 7.30. The maximum Gasteiger partial charge on any atom is 0.319 e. The fourth-order valence-electron chi connectivity index (χ4n) is 2.58. The highest BCUT2D eigenvalue weighted by Crippen LogP contribution is 2.21. The number of carbonyl (C=O) groups is 2. The molecule has 0 bridgehead atoms. The molecule has 118 valence electrons. The lowest BCUT2D eigenvalue weighted by atomic mass is 10.2. The minimum atomic E-state index is -0.455. The van der Waals surface area contributed by atoms with Gasteiger partial charge in [-0.2, -0.15) is 0 Å². The van der Waals surface area contributed by atoms with Crippen molar-refractivity contribution in [1.29, 1.82) is 0 Å². The molecule has 0 spiro atoms. The van der Waals surface area contributed by atoms with Crippen molar-refractivity contribution >= 4 is 23.3 Å². The predicted molar refractivity (Wildman–Crippen MR) is 85.8 cm³/mol. The zero-order valence-electron chi connectivity index (χ0n) is 12.3. The Bertz CT molecular complexity index is 721. The molecule has 1 atom stereocenters. The molecule has 0 aliphatic carbocycles. The topological polar surface area (TPSA) is 61.4 Å². The Morgan fingerprint density at radius 1 is 1.13 bits per heavy atom. The maximum absolute atomic E-state index is 13.1. The number of nitrogens with zero attached hydrogens (tertiary/aromatic N) is 1. The minimum Gasteiger partial charge on any atom is -0.333 e. The van der Waals surface area contributed by atoms with Crippen LogP contribution in [-0.4, -0.2) is 24.5 Å². The number of carbonyl (C=O) groups excluding carboxylic acids is 2. The van der Waals surface area contributed by atoms with Crippen molar-refractivity contribution in [3.05, 3.63) is 60.4 Å². The van der Waals surface area contributed by atoms with Gasteiger partial charge in [-0.25, -0.2) is 9.18 Å². The first-order chi connectivity index (χ1) is 11.1. The average Bonchev–Trinajstić information content (AvgIpc) is 2.88. The molecular formula is C17H16FN3O2. The number of urea groups is 1. The van der Waals surface area contributed by atoms with Gasteiger partial charge in [0.1, 0.15) is 5.82 Å². The predicted octanol–water partition coefficient (Wildman–Crippen LogP) is 2.75. The molecule has 6 heteroatoms. The molecule has 0 aromatic heterocycles. The summed E-state index contributed by atoms with van der Waals surface area (Å²) in [4.78, 5) is 25.7. The first kappa shape index (κ1) is 15.0. The van der Waals surface area contributed by atoms with Crippen LogP contribution >= 0.6 is 0 Å². The van der Waals surface area contributed by atoms with Crippen LogP contribution in [0.15, 0.2) is 54.6 Å². The van der Waals surface area contributed by atoms with Gasteiger partial charge in [-0.1, -0.05) is 24.3 Å². The van der Waals surface area contributed by atoms with Crippen molar-refractivity contribution in [3.63, 3.8) is 0 Å². The quantitative estimate of drug-likeness (QED) is 0.915. The van der Waals surface area contributed by atoms with E-state index in [0.29, 0.717) is 12.2 Å². The summed E-state index contributed by atoms with van der Waals surface area (Å²) in [6.45, 7) is 0.416. The summed E-state index contributed by atoms with van der Waals surface area (Å²) in [5.74, 6) is -0.457. The SMILES string of the molecule is O=C(Nc1cccc(F)c1)N[C@H]1CC(=O)N(c2ccccc2)C1. The maximum atomic E-state index is 13.1. The molecule has 1 aliphatic rings. The minimum absolute atomic E-state index is 0.0349. The molecule has 0 saturated carbocycles. The number of benzene rings is 2. The highest BCUT2D eigenvalue weighted by atomic mass is 19.1. The fraction of sp³-hybridized carbons (Fsp3) is 0.176. The number of rotatable bonds is 3. The van der Waals surface area contributed by atoms with Gasteiger partial charge in [0.15, 0.2) is 0 Å². The Labute approximate surface area is 133 Å². The molecule has 3 amide bonds. The molecule has 2 aromatic rings. The van der Waals surface area contributed by atoms with Crippen LogP contribution in [-0.2, 0) is 4.79 Å². The van der Waals surface area contributed by atoms with E-state index in [2.05, 4.69) is 10.6 Å². The molecular weight excluding hydrogens is 297 g/mol. The van der Waals surface area contributed by atoms with Gasteiger partial charge in [0, 0.05) is 24.3 Å². The Kier molecular flexibility index (Phi) is 4.23. The highest BCUT2D eigenvalue weighted by molar-refractivity contribution is 5.97. The molecule has 0 unspecified atom stereocenters. The van der Waals surface area contributed by atoms with E-state index < -0.39 is 11.8 Å². The Morgan fingerprint density at radius 2 is 1.91 bits per heavy atom. The molecule has 1 fully saturated rings. The van der Waals surface area contributed by atoms with Crippen LogP contribution in [0, 0.1) is 5.82 Å².